The fourth-order valence-corrected chi connectivity index (χ4v) is 2.09. The largest absolute Gasteiger partial charge is 0.493 e. The maximum Gasteiger partial charge on any atom is 0.242 e. The second-order valence-electron chi connectivity index (χ2n) is 4.54. The van der Waals surface area contributed by atoms with Crippen molar-refractivity contribution >= 4 is 23.2 Å². The van der Waals surface area contributed by atoms with Crippen molar-refractivity contribution in [2.75, 3.05) is 32.1 Å². The van der Waals surface area contributed by atoms with Crippen molar-refractivity contribution in [3.8, 4) is 5.75 Å². The lowest BCUT2D eigenvalue weighted by Gasteiger charge is -2.21. The van der Waals surface area contributed by atoms with Crippen molar-refractivity contribution in [2.24, 2.45) is 0 Å². The highest BCUT2D eigenvalue weighted by Gasteiger charge is 2.13. The van der Waals surface area contributed by atoms with E-state index in [0.29, 0.717) is 29.5 Å². The number of anilines is 1. The molecule has 1 aromatic carbocycles. The van der Waals surface area contributed by atoms with Gasteiger partial charge in [0.05, 0.1) is 24.4 Å². The van der Waals surface area contributed by atoms with E-state index in [1.54, 1.807) is 18.1 Å². The summed E-state index contributed by atoms with van der Waals surface area (Å²) in [5.74, 6) is 0.558. The number of amides is 1. The standard InChI is InChI=1S/C15H21ClN2O2/c1-5-18(10-11(2)3)14(19)9-17-13-8-6-7-12(16)15(13)20-4/h6-8,17H,2,5,9-10H2,1,3-4H3. The van der Waals surface area contributed by atoms with Crippen LogP contribution in [0.1, 0.15) is 13.8 Å². The summed E-state index contributed by atoms with van der Waals surface area (Å²) < 4.78 is 5.23. The van der Waals surface area contributed by atoms with E-state index in [9.17, 15) is 4.79 Å². The van der Waals surface area contributed by atoms with Crippen molar-refractivity contribution in [3.05, 3.63) is 35.4 Å². The third kappa shape index (κ3) is 4.46. The van der Waals surface area contributed by atoms with Gasteiger partial charge in [0.2, 0.25) is 5.91 Å². The topological polar surface area (TPSA) is 41.6 Å². The van der Waals surface area contributed by atoms with Crippen molar-refractivity contribution in [1.82, 2.24) is 4.90 Å². The molecule has 1 aromatic rings. The number of benzene rings is 1. The molecule has 0 saturated carbocycles. The first-order chi connectivity index (χ1) is 9.49. The monoisotopic (exact) mass is 296 g/mol. The summed E-state index contributed by atoms with van der Waals surface area (Å²) in [5.41, 5.74) is 1.67. The molecule has 0 heterocycles. The molecule has 1 rings (SSSR count). The molecule has 0 spiro atoms. The van der Waals surface area contributed by atoms with Gasteiger partial charge in [0, 0.05) is 13.1 Å². The number of carbonyl (C=O) groups is 1. The molecule has 1 amide bonds. The van der Waals surface area contributed by atoms with E-state index in [0.717, 1.165) is 5.57 Å². The molecule has 0 aliphatic carbocycles. The number of methoxy groups -OCH3 is 1. The Bertz CT molecular complexity index is 489. The summed E-state index contributed by atoms with van der Waals surface area (Å²) >= 11 is 6.03. The normalized spacial score (nSPS) is 10.0. The second kappa shape index (κ2) is 7.80. The van der Waals surface area contributed by atoms with Crippen LogP contribution in [0, 0.1) is 0 Å². The highest BCUT2D eigenvalue weighted by molar-refractivity contribution is 6.32. The molecule has 0 radical (unpaired) electrons. The molecule has 0 fully saturated rings. The van der Waals surface area contributed by atoms with Crippen molar-refractivity contribution < 1.29 is 9.53 Å². The van der Waals surface area contributed by atoms with E-state index in [-0.39, 0.29) is 12.5 Å². The number of hydrogen-bond acceptors (Lipinski definition) is 3. The van der Waals surface area contributed by atoms with E-state index < -0.39 is 0 Å². The molecule has 0 bridgehead atoms. The maximum absolute atomic E-state index is 12.1. The van der Waals surface area contributed by atoms with Crippen LogP contribution in [0.4, 0.5) is 5.69 Å². The van der Waals surface area contributed by atoms with Gasteiger partial charge in [-0.05, 0) is 26.0 Å². The van der Waals surface area contributed by atoms with Crippen LogP contribution in [-0.2, 0) is 4.79 Å². The number of hydrogen-bond donors (Lipinski definition) is 1. The first kappa shape index (κ1) is 16.4. The molecular formula is C15H21ClN2O2. The summed E-state index contributed by atoms with van der Waals surface area (Å²) in [4.78, 5) is 13.9. The second-order valence-corrected chi connectivity index (χ2v) is 4.95. The minimum atomic E-state index is 0.0116. The van der Waals surface area contributed by atoms with Gasteiger partial charge in [-0.1, -0.05) is 29.8 Å². The van der Waals surface area contributed by atoms with Crippen molar-refractivity contribution in [2.45, 2.75) is 13.8 Å². The molecule has 0 saturated heterocycles. The van der Waals surface area contributed by atoms with Gasteiger partial charge in [0.15, 0.2) is 5.75 Å². The molecule has 0 atom stereocenters. The molecule has 5 heteroatoms. The molecule has 0 aliphatic rings. The van der Waals surface area contributed by atoms with Gasteiger partial charge in [0.1, 0.15) is 0 Å². The minimum Gasteiger partial charge on any atom is -0.493 e. The Balaban J connectivity index is 2.69. The molecule has 20 heavy (non-hydrogen) atoms. The van der Waals surface area contributed by atoms with Crippen LogP contribution < -0.4 is 10.1 Å². The summed E-state index contributed by atoms with van der Waals surface area (Å²) in [6.45, 7) is 9.10. The first-order valence-corrected chi connectivity index (χ1v) is 6.85. The van der Waals surface area contributed by atoms with E-state index in [4.69, 9.17) is 16.3 Å². The Labute approximate surface area is 125 Å². The lowest BCUT2D eigenvalue weighted by atomic mass is 10.2. The van der Waals surface area contributed by atoms with Crippen LogP contribution in [0.2, 0.25) is 5.02 Å². The van der Waals surface area contributed by atoms with E-state index in [1.807, 2.05) is 26.0 Å². The SMILES string of the molecule is C=C(C)CN(CC)C(=O)CNc1cccc(Cl)c1OC. The number of carbonyl (C=O) groups excluding carboxylic acids is 1. The molecule has 110 valence electrons. The summed E-state index contributed by atoms with van der Waals surface area (Å²) in [6, 6.07) is 5.38. The summed E-state index contributed by atoms with van der Waals surface area (Å²) in [7, 11) is 1.55. The highest BCUT2D eigenvalue weighted by Crippen LogP contribution is 2.32. The smallest absolute Gasteiger partial charge is 0.242 e. The van der Waals surface area contributed by atoms with Gasteiger partial charge in [-0.2, -0.15) is 0 Å². The van der Waals surface area contributed by atoms with Gasteiger partial charge >= 0.3 is 0 Å². The van der Waals surface area contributed by atoms with Crippen LogP contribution in [0.15, 0.2) is 30.4 Å². The molecular weight excluding hydrogens is 276 g/mol. The maximum atomic E-state index is 12.1. The fraction of sp³-hybridized carbons (Fsp3) is 0.400. The number of nitrogens with one attached hydrogen (secondary N) is 1. The number of ether oxygens (including phenoxy) is 1. The Hall–Kier alpha value is -1.68. The Morgan fingerprint density at radius 1 is 1.50 bits per heavy atom. The minimum absolute atomic E-state index is 0.0116. The molecule has 0 unspecified atom stereocenters. The summed E-state index contributed by atoms with van der Waals surface area (Å²) in [6.07, 6.45) is 0. The van der Waals surface area contributed by atoms with E-state index >= 15 is 0 Å². The van der Waals surface area contributed by atoms with Gasteiger partial charge in [-0.3, -0.25) is 4.79 Å². The highest BCUT2D eigenvalue weighted by atomic mass is 35.5. The predicted octanol–water partition coefficient (Wildman–Crippen LogP) is 3.19. The predicted molar refractivity (Wildman–Crippen MR) is 83.6 cm³/mol. The average molecular weight is 297 g/mol. The zero-order valence-electron chi connectivity index (χ0n) is 12.2. The third-order valence-corrected chi connectivity index (χ3v) is 3.09. The van der Waals surface area contributed by atoms with Crippen molar-refractivity contribution in [3.63, 3.8) is 0 Å². The lowest BCUT2D eigenvalue weighted by Crippen LogP contribution is -2.36. The summed E-state index contributed by atoms with van der Waals surface area (Å²) in [5, 5.41) is 3.58. The van der Waals surface area contributed by atoms with Gasteiger partial charge in [-0.25, -0.2) is 0 Å². The Morgan fingerprint density at radius 3 is 2.75 bits per heavy atom. The number of nitrogens with zero attached hydrogens (tertiary/aromatic N) is 1. The fourth-order valence-electron chi connectivity index (χ4n) is 1.84. The van der Waals surface area contributed by atoms with Crippen LogP contribution in [-0.4, -0.2) is 37.6 Å². The molecule has 1 N–H and O–H groups in total. The van der Waals surface area contributed by atoms with Crippen molar-refractivity contribution in [1.29, 1.82) is 0 Å². The number of likely N-dealkylation sites (N-methyl/N-ethyl adjacent to an activating group) is 1. The Morgan fingerprint density at radius 2 is 2.20 bits per heavy atom. The number of para-hydroxylation sites is 1. The molecule has 4 nitrogen and oxygen atoms in total. The first-order valence-electron chi connectivity index (χ1n) is 6.48. The molecule has 0 aliphatic heterocycles. The average Bonchev–Trinajstić information content (AvgIpc) is 2.41. The van der Waals surface area contributed by atoms with Gasteiger partial charge in [-0.15, -0.1) is 0 Å². The van der Waals surface area contributed by atoms with Crippen LogP contribution in [0.5, 0.6) is 5.75 Å². The van der Waals surface area contributed by atoms with E-state index in [1.165, 1.54) is 0 Å². The third-order valence-electron chi connectivity index (χ3n) is 2.80. The van der Waals surface area contributed by atoms with Crippen LogP contribution >= 0.6 is 11.6 Å². The van der Waals surface area contributed by atoms with Gasteiger partial charge < -0.3 is 15.0 Å². The lowest BCUT2D eigenvalue weighted by molar-refractivity contribution is -0.128. The quantitative estimate of drug-likeness (QED) is 0.786. The number of halogens is 1. The Kier molecular flexibility index (Phi) is 6.39. The zero-order valence-corrected chi connectivity index (χ0v) is 13.0. The van der Waals surface area contributed by atoms with Crippen LogP contribution in [0.3, 0.4) is 0 Å². The van der Waals surface area contributed by atoms with Gasteiger partial charge in [0.25, 0.3) is 0 Å². The number of rotatable bonds is 7. The van der Waals surface area contributed by atoms with Crippen LogP contribution in [0.25, 0.3) is 0 Å². The molecule has 0 aromatic heterocycles. The zero-order chi connectivity index (χ0) is 15.1. The van der Waals surface area contributed by atoms with E-state index in [2.05, 4.69) is 11.9 Å².